The largest absolute Gasteiger partial charge is 0.381 e. The fraction of sp³-hybridized carbons (Fsp3) is 0.750. The summed E-state index contributed by atoms with van der Waals surface area (Å²) in [5.74, 6) is 1.30. The van der Waals surface area contributed by atoms with Crippen LogP contribution in [0.1, 0.15) is 18.7 Å². The maximum atomic E-state index is 13.8. The number of ether oxygens (including phenoxy) is 1. The van der Waals surface area contributed by atoms with Crippen molar-refractivity contribution in [2.75, 3.05) is 32.8 Å². The van der Waals surface area contributed by atoms with E-state index in [1.165, 1.54) is 0 Å². The van der Waals surface area contributed by atoms with Crippen molar-refractivity contribution in [3.8, 4) is 0 Å². The Bertz CT molecular complexity index is 546. The van der Waals surface area contributed by atoms with Gasteiger partial charge >= 0.3 is 6.03 Å². The molecule has 3 heterocycles. The molecule has 3 atom stereocenters. The first kappa shape index (κ1) is 17.2. The Labute approximate surface area is 141 Å². The van der Waals surface area contributed by atoms with Crippen LogP contribution in [-0.2, 0) is 18.3 Å². The van der Waals surface area contributed by atoms with E-state index >= 15 is 0 Å². The van der Waals surface area contributed by atoms with Crippen LogP contribution >= 0.6 is 0 Å². The van der Waals surface area contributed by atoms with Crippen LogP contribution in [0.2, 0.25) is 0 Å². The zero-order valence-electron chi connectivity index (χ0n) is 14.1. The number of hydrogen-bond donors (Lipinski definition) is 2. The Kier molecular flexibility index (Phi) is 5.68. The average Bonchev–Trinajstić information content (AvgIpc) is 3.27. The zero-order valence-corrected chi connectivity index (χ0v) is 14.1. The molecule has 3 rings (SSSR count). The summed E-state index contributed by atoms with van der Waals surface area (Å²) < 4.78 is 21.0. The summed E-state index contributed by atoms with van der Waals surface area (Å²) >= 11 is 0. The van der Waals surface area contributed by atoms with Crippen molar-refractivity contribution < 1.29 is 13.9 Å². The Morgan fingerprint density at radius 2 is 2.29 bits per heavy atom. The molecule has 1 unspecified atom stereocenters. The average molecular weight is 339 g/mol. The minimum absolute atomic E-state index is 0.00253. The van der Waals surface area contributed by atoms with Crippen LogP contribution in [0.5, 0.6) is 0 Å². The van der Waals surface area contributed by atoms with E-state index in [4.69, 9.17) is 4.74 Å². The number of rotatable bonds is 6. The van der Waals surface area contributed by atoms with Gasteiger partial charge in [-0.3, -0.25) is 4.90 Å². The standard InChI is InChI=1S/C16H26FN5O2/c1-21-4-3-18-15(21)10-22-9-13(17)6-14(22)8-20-16(23)19-7-12-2-5-24-11-12/h3-4,12-14H,2,5-11H2,1H3,(H2,19,20,23)/t12?,13-,14-/m0/s1. The minimum Gasteiger partial charge on any atom is -0.381 e. The number of carbonyl (C=O) groups excluding carboxylic acids is 1. The van der Waals surface area contributed by atoms with Crippen LogP contribution in [-0.4, -0.2) is 65.5 Å². The van der Waals surface area contributed by atoms with Crippen LogP contribution in [0.15, 0.2) is 12.4 Å². The van der Waals surface area contributed by atoms with E-state index in [-0.39, 0.29) is 12.1 Å². The molecule has 0 radical (unpaired) electrons. The van der Waals surface area contributed by atoms with Crippen LogP contribution in [0.4, 0.5) is 9.18 Å². The van der Waals surface area contributed by atoms with Crippen LogP contribution < -0.4 is 10.6 Å². The summed E-state index contributed by atoms with van der Waals surface area (Å²) in [5.41, 5.74) is 0. The number of amides is 2. The highest BCUT2D eigenvalue weighted by molar-refractivity contribution is 5.73. The predicted molar refractivity (Wildman–Crippen MR) is 87.2 cm³/mol. The summed E-state index contributed by atoms with van der Waals surface area (Å²) in [6.45, 7) is 3.54. The first-order valence-electron chi connectivity index (χ1n) is 8.55. The summed E-state index contributed by atoms with van der Waals surface area (Å²) in [5, 5.41) is 5.74. The van der Waals surface area contributed by atoms with Gasteiger partial charge in [0.15, 0.2) is 0 Å². The third-order valence-electron chi connectivity index (χ3n) is 4.82. The van der Waals surface area contributed by atoms with E-state index in [2.05, 4.69) is 20.5 Å². The highest BCUT2D eigenvalue weighted by atomic mass is 19.1. The van der Waals surface area contributed by atoms with Gasteiger partial charge in [0.1, 0.15) is 12.0 Å². The molecule has 134 valence electrons. The molecule has 0 aliphatic carbocycles. The van der Waals surface area contributed by atoms with Gasteiger partial charge in [-0.05, 0) is 12.8 Å². The molecule has 2 saturated heterocycles. The van der Waals surface area contributed by atoms with Gasteiger partial charge in [-0.1, -0.05) is 0 Å². The van der Waals surface area contributed by atoms with E-state index in [0.717, 1.165) is 18.9 Å². The van der Waals surface area contributed by atoms with Gasteiger partial charge in [0, 0.05) is 57.6 Å². The molecule has 24 heavy (non-hydrogen) atoms. The van der Waals surface area contributed by atoms with E-state index < -0.39 is 6.17 Å². The quantitative estimate of drug-likeness (QED) is 0.799. The van der Waals surface area contributed by atoms with Crippen molar-refractivity contribution in [3.05, 3.63) is 18.2 Å². The number of aromatic nitrogens is 2. The third-order valence-corrected chi connectivity index (χ3v) is 4.82. The van der Waals surface area contributed by atoms with Gasteiger partial charge in [-0.25, -0.2) is 14.2 Å². The van der Waals surface area contributed by atoms with Crippen LogP contribution in [0, 0.1) is 5.92 Å². The Hall–Kier alpha value is -1.67. The van der Waals surface area contributed by atoms with Gasteiger partial charge < -0.3 is 19.9 Å². The number of likely N-dealkylation sites (tertiary alicyclic amines) is 1. The normalized spacial score (nSPS) is 27.5. The monoisotopic (exact) mass is 339 g/mol. The second-order valence-corrected chi connectivity index (χ2v) is 6.69. The summed E-state index contributed by atoms with van der Waals surface area (Å²) in [7, 11) is 1.93. The van der Waals surface area contributed by atoms with Crippen molar-refractivity contribution in [3.63, 3.8) is 0 Å². The molecule has 0 aromatic carbocycles. The van der Waals surface area contributed by atoms with Gasteiger partial charge in [0.2, 0.25) is 0 Å². The van der Waals surface area contributed by atoms with Gasteiger partial charge in [0.05, 0.1) is 13.2 Å². The highest BCUT2D eigenvalue weighted by Gasteiger charge is 2.32. The minimum atomic E-state index is -0.851. The number of nitrogens with one attached hydrogen (secondary N) is 2. The van der Waals surface area contributed by atoms with Crippen molar-refractivity contribution in [2.24, 2.45) is 13.0 Å². The molecule has 1 aromatic heterocycles. The SMILES string of the molecule is Cn1ccnc1CN1C[C@@H](F)C[C@H]1CNC(=O)NCC1CCOC1. The Balaban J connectivity index is 1.44. The number of aryl methyl sites for hydroxylation is 1. The lowest BCUT2D eigenvalue weighted by Gasteiger charge is -2.24. The van der Waals surface area contributed by atoms with Crippen molar-refractivity contribution in [1.29, 1.82) is 0 Å². The first-order valence-corrected chi connectivity index (χ1v) is 8.55. The van der Waals surface area contributed by atoms with Gasteiger partial charge in [0.25, 0.3) is 0 Å². The maximum absolute atomic E-state index is 13.8. The summed E-state index contributed by atoms with van der Waals surface area (Å²) in [6.07, 6.45) is 4.21. The lowest BCUT2D eigenvalue weighted by molar-refractivity contribution is 0.184. The number of carbonyl (C=O) groups is 1. The van der Waals surface area contributed by atoms with E-state index in [1.807, 2.05) is 17.8 Å². The van der Waals surface area contributed by atoms with Crippen molar-refractivity contribution >= 4 is 6.03 Å². The summed E-state index contributed by atoms with van der Waals surface area (Å²) in [4.78, 5) is 18.3. The van der Waals surface area contributed by atoms with Crippen molar-refractivity contribution in [2.45, 2.75) is 31.6 Å². The Morgan fingerprint density at radius 1 is 1.46 bits per heavy atom. The molecule has 2 aliphatic heterocycles. The third kappa shape index (κ3) is 4.45. The molecule has 2 N–H and O–H groups in total. The maximum Gasteiger partial charge on any atom is 0.314 e. The molecular weight excluding hydrogens is 313 g/mol. The molecule has 8 heteroatoms. The second kappa shape index (κ2) is 7.94. The van der Waals surface area contributed by atoms with E-state index in [0.29, 0.717) is 45.1 Å². The fourth-order valence-corrected chi connectivity index (χ4v) is 3.31. The van der Waals surface area contributed by atoms with E-state index in [1.54, 1.807) is 6.20 Å². The molecule has 1 aromatic rings. The van der Waals surface area contributed by atoms with Gasteiger partial charge in [-0.15, -0.1) is 0 Å². The number of alkyl halides is 1. The van der Waals surface area contributed by atoms with Gasteiger partial charge in [-0.2, -0.15) is 0 Å². The second-order valence-electron chi connectivity index (χ2n) is 6.69. The number of nitrogens with zero attached hydrogens (tertiary/aromatic N) is 3. The number of imidazole rings is 1. The molecular formula is C16H26FN5O2. The molecule has 0 bridgehead atoms. The first-order chi connectivity index (χ1) is 11.6. The smallest absolute Gasteiger partial charge is 0.314 e. The Morgan fingerprint density at radius 3 is 3.00 bits per heavy atom. The number of hydrogen-bond acceptors (Lipinski definition) is 4. The lowest BCUT2D eigenvalue weighted by Crippen LogP contribution is -2.45. The molecule has 0 saturated carbocycles. The molecule has 2 amide bonds. The zero-order chi connectivity index (χ0) is 16.9. The van der Waals surface area contributed by atoms with Crippen LogP contribution in [0.3, 0.4) is 0 Å². The lowest BCUT2D eigenvalue weighted by atomic mass is 10.1. The topological polar surface area (TPSA) is 71.4 Å². The highest BCUT2D eigenvalue weighted by Crippen LogP contribution is 2.21. The molecule has 0 spiro atoms. The fourth-order valence-electron chi connectivity index (χ4n) is 3.31. The predicted octanol–water partition coefficient (Wildman–Crippen LogP) is 0.668. The number of urea groups is 1. The van der Waals surface area contributed by atoms with Crippen molar-refractivity contribution in [1.82, 2.24) is 25.1 Å². The summed E-state index contributed by atoms with van der Waals surface area (Å²) in [6, 6.07) is -0.196. The number of halogens is 1. The molecule has 7 nitrogen and oxygen atoms in total. The molecule has 2 aliphatic rings. The molecule has 2 fully saturated rings. The van der Waals surface area contributed by atoms with Crippen LogP contribution in [0.25, 0.3) is 0 Å². The van der Waals surface area contributed by atoms with E-state index in [9.17, 15) is 9.18 Å².